The first kappa shape index (κ1) is 14.7. The molecular formula is C13H22N2O3. The number of likely N-dealkylation sites (tertiary alicyclic amines) is 1. The molecule has 0 saturated carbocycles. The number of carbonyl (C=O) groups excluding carboxylic acids is 3. The zero-order chi connectivity index (χ0) is 13.9. The lowest BCUT2D eigenvalue weighted by Crippen LogP contribution is -2.54. The average molecular weight is 254 g/mol. The Balaban J connectivity index is 2.87. The fourth-order valence-corrected chi connectivity index (χ4v) is 2.05. The SMILES string of the molecule is CCC(C)(C)C(=O)C(=O)N1CCCCC1C(N)=O. The third-order valence-electron chi connectivity index (χ3n) is 3.78. The van der Waals surface area contributed by atoms with E-state index >= 15 is 0 Å². The summed E-state index contributed by atoms with van der Waals surface area (Å²) >= 11 is 0. The van der Waals surface area contributed by atoms with Crippen molar-refractivity contribution in [2.24, 2.45) is 11.1 Å². The molecule has 0 radical (unpaired) electrons. The molecule has 0 aliphatic carbocycles. The van der Waals surface area contributed by atoms with E-state index in [1.807, 2.05) is 6.92 Å². The molecule has 1 atom stereocenters. The number of ketones is 1. The summed E-state index contributed by atoms with van der Waals surface area (Å²) in [6.45, 7) is 5.80. The minimum atomic E-state index is -0.684. The van der Waals surface area contributed by atoms with Gasteiger partial charge in [0.15, 0.2) is 0 Å². The standard InChI is InChI=1S/C13H22N2O3/c1-4-13(2,3)10(16)12(18)15-8-6-5-7-9(15)11(14)17/h9H,4-8H2,1-3H3,(H2,14,17). The van der Waals surface area contributed by atoms with Gasteiger partial charge in [0.05, 0.1) is 0 Å². The highest BCUT2D eigenvalue weighted by Crippen LogP contribution is 2.24. The fourth-order valence-electron chi connectivity index (χ4n) is 2.05. The first-order valence-electron chi connectivity index (χ1n) is 6.46. The molecule has 0 aromatic carbocycles. The highest BCUT2D eigenvalue weighted by atomic mass is 16.2. The number of Topliss-reactive ketones (excluding diaryl/α,β-unsaturated/α-hetero) is 1. The Morgan fingerprint density at radius 3 is 2.39 bits per heavy atom. The van der Waals surface area contributed by atoms with Crippen LogP contribution in [0.15, 0.2) is 0 Å². The lowest BCUT2D eigenvalue weighted by molar-refractivity contribution is -0.153. The van der Waals surface area contributed by atoms with Crippen molar-refractivity contribution >= 4 is 17.6 Å². The molecule has 5 heteroatoms. The monoisotopic (exact) mass is 254 g/mol. The van der Waals surface area contributed by atoms with Gasteiger partial charge in [0.25, 0.3) is 5.91 Å². The van der Waals surface area contributed by atoms with Crippen molar-refractivity contribution in [1.82, 2.24) is 4.90 Å². The van der Waals surface area contributed by atoms with Crippen molar-refractivity contribution in [1.29, 1.82) is 0 Å². The Kier molecular flexibility index (Phi) is 4.48. The van der Waals surface area contributed by atoms with Gasteiger partial charge >= 0.3 is 0 Å². The second kappa shape index (κ2) is 5.50. The maximum absolute atomic E-state index is 12.2. The van der Waals surface area contributed by atoms with E-state index in [-0.39, 0.29) is 0 Å². The summed E-state index contributed by atoms with van der Waals surface area (Å²) in [5, 5.41) is 0. The van der Waals surface area contributed by atoms with E-state index in [0.29, 0.717) is 19.4 Å². The predicted molar refractivity (Wildman–Crippen MR) is 67.6 cm³/mol. The van der Waals surface area contributed by atoms with Gasteiger partial charge in [-0.15, -0.1) is 0 Å². The van der Waals surface area contributed by atoms with Crippen LogP contribution in [0.4, 0.5) is 0 Å². The van der Waals surface area contributed by atoms with Crippen LogP contribution < -0.4 is 5.73 Å². The van der Waals surface area contributed by atoms with Gasteiger partial charge in [-0.2, -0.15) is 0 Å². The summed E-state index contributed by atoms with van der Waals surface area (Å²) in [4.78, 5) is 37.0. The topological polar surface area (TPSA) is 80.5 Å². The molecule has 1 aliphatic rings. The van der Waals surface area contributed by atoms with E-state index in [1.54, 1.807) is 13.8 Å². The normalized spacial score (nSPS) is 20.6. The van der Waals surface area contributed by atoms with Crippen LogP contribution >= 0.6 is 0 Å². The van der Waals surface area contributed by atoms with Gasteiger partial charge in [-0.05, 0) is 25.7 Å². The van der Waals surface area contributed by atoms with Gasteiger partial charge < -0.3 is 10.6 Å². The van der Waals surface area contributed by atoms with Gasteiger partial charge in [-0.1, -0.05) is 20.8 Å². The Morgan fingerprint density at radius 2 is 1.89 bits per heavy atom. The molecule has 0 aromatic rings. The molecule has 1 fully saturated rings. The first-order valence-corrected chi connectivity index (χ1v) is 6.46. The second-order valence-corrected chi connectivity index (χ2v) is 5.48. The van der Waals surface area contributed by atoms with Crippen LogP contribution in [0.2, 0.25) is 0 Å². The van der Waals surface area contributed by atoms with Crippen LogP contribution in [-0.4, -0.2) is 35.1 Å². The van der Waals surface area contributed by atoms with Crippen molar-refractivity contribution in [3.05, 3.63) is 0 Å². The van der Waals surface area contributed by atoms with E-state index in [2.05, 4.69) is 0 Å². The van der Waals surface area contributed by atoms with Crippen molar-refractivity contribution in [2.75, 3.05) is 6.54 Å². The molecule has 1 aliphatic heterocycles. The summed E-state index contributed by atoms with van der Waals surface area (Å²) in [6, 6.07) is -0.622. The minimum Gasteiger partial charge on any atom is -0.368 e. The molecule has 2 amide bonds. The number of hydrogen-bond acceptors (Lipinski definition) is 3. The highest BCUT2D eigenvalue weighted by molar-refractivity contribution is 6.38. The van der Waals surface area contributed by atoms with Gasteiger partial charge in [-0.25, -0.2) is 0 Å². The third-order valence-corrected chi connectivity index (χ3v) is 3.78. The summed E-state index contributed by atoms with van der Waals surface area (Å²) in [7, 11) is 0. The van der Waals surface area contributed by atoms with Crippen LogP contribution in [0.3, 0.4) is 0 Å². The number of nitrogens with zero attached hydrogens (tertiary/aromatic N) is 1. The predicted octanol–water partition coefficient (Wildman–Crippen LogP) is 0.858. The minimum absolute atomic E-state index is 0.432. The third kappa shape index (κ3) is 2.89. The molecule has 18 heavy (non-hydrogen) atoms. The molecule has 1 heterocycles. The maximum atomic E-state index is 12.2. The molecule has 1 rings (SSSR count). The Morgan fingerprint density at radius 1 is 1.28 bits per heavy atom. The van der Waals surface area contributed by atoms with Crippen molar-refractivity contribution < 1.29 is 14.4 Å². The van der Waals surface area contributed by atoms with Gasteiger partial charge in [0.1, 0.15) is 6.04 Å². The van der Waals surface area contributed by atoms with Gasteiger partial charge in [-0.3, -0.25) is 14.4 Å². The highest BCUT2D eigenvalue weighted by Gasteiger charge is 2.39. The van der Waals surface area contributed by atoms with E-state index in [9.17, 15) is 14.4 Å². The lowest BCUT2D eigenvalue weighted by Gasteiger charge is -2.35. The van der Waals surface area contributed by atoms with Crippen LogP contribution in [0.5, 0.6) is 0 Å². The number of rotatable bonds is 4. The Bertz CT molecular complexity index is 363. The smallest absolute Gasteiger partial charge is 0.291 e. The summed E-state index contributed by atoms with van der Waals surface area (Å²) < 4.78 is 0. The zero-order valence-electron chi connectivity index (χ0n) is 11.4. The van der Waals surface area contributed by atoms with Crippen LogP contribution in [0.25, 0.3) is 0 Å². The molecule has 0 bridgehead atoms. The molecule has 0 aromatic heterocycles. The number of primary amides is 1. The van der Waals surface area contributed by atoms with E-state index in [0.717, 1.165) is 12.8 Å². The van der Waals surface area contributed by atoms with E-state index < -0.39 is 29.1 Å². The fraction of sp³-hybridized carbons (Fsp3) is 0.769. The number of nitrogens with two attached hydrogens (primary N) is 1. The second-order valence-electron chi connectivity index (χ2n) is 5.48. The van der Waals surface area contributed by atoms with Crippen molar-refractivity contribution in [3.8, 4) is 0 Å². The lowest BCUT2D eigenvalue weighted by atomic mass is 9.84. The van der Waals surface area contributed by atoms with Crippen LogP contribution in [0.1, 0.15) is 46.5 Å². The first-order chi connectivity index (χ1) is 8.31. The van der Waals surface area contributed by atoms with E-state index in [1.165, 1.54) is 4.90 Å². The quantitative estimate of drug-likeness (QED) is 0.755. The number of hydrogen-bond donors (Lipinski definition) is 1. The number of carbonyl (C=O) groups is 3. The van der Waals surface area contributed by atoms with Crippen LogP contribution in [0, 0.1) is 5.41 Å². The number of amides is 2. The average Bonchev–Trinajstić information content (AvgIpc) is 2.36. The molecule has 0 spiro atoms. The van der Waals surface area contributed by atoms with Gasteiger partial charge in [0.2, 0.25) is 11.7 Å². The molecular weight excluding hydrogens is 232 g/mol. The van der Waals surface area contributed by atoms with Crippen LogP contribution in [-0.2, 0) is 14.4 Å². The van der Waals surface area contributed by atoms with Gasteiger partial charge in [0, 0.05) is 12.0 Å². The molecule has 2 N–H and O–H groups in total. The summed E-state index contributed by atoms with van der Waals surface area (Å²) in [5.41, 5.74) is 4.61. The number of piperidine rings is 1. The summed E-state index contributed by atoms with van der Waals surface area (Å²) in [6.07, 6.45) is 2.83. The van der Waals surface area contributed by atoms with Crippen molar-refractivity contribution in [3.63, 3.8) is 0 Å². The Hall–Kier alpha value is -1.39. The van der Waals surface area contributed by atoms with Crippen molar-refractivity contribution in [2.45, 2.75) is 52.5 Å². The molecule has 5 nitrogen and oxygen atoms in total. The zero-order valence-corrected chi connectivity index (χ0v) is 11.4. The van der Waals surface area contributed by atoms with E-state index in [4.69, 9.17) is 5.73 Å². The molecule has 1 unspecified atom stereocenters. The largest absolute Gasteiger partial charge is 0.368 e. The maximum Gasteiger partial charge on any atom is 0.291 e. The molecule has 1 saturated heterocycles. The molecule has 102 valence electrons. The Labute approximate surface area is 108 Å². The summed E-state index contributed by atoms with van der Waals surface area (Å²) in [5.74, 6) is -1.52.